The highest BCUT2D eigenvalue weighted by Gasteiger charge is 2.35. The average molecular weight is 381 g/mol. The Morgan fingerprint density at radius 2 is 1.95 bits per heavy atom. The Morgan fingerprint density at radius 1 is 1.20 bits per heavy atom. The van der Waals surface area contributed by atoms with Crippen molar-refractivity contribution in [2.45, 2.75) is 41.7 Å². The number of nitrogens with zero attached hydrogens (tertiary/aromatic N) is 3. The van der Waals surface area contributed by atoms with Crippen LogP contribution in [0.15, 0.2) is 35.1 Å². The maximum Gasteiger partial charge on any atom is 0.346 e. The third kappa shape index (κ3) is 1.86. The highest BCUT2D eigenvalue weighted by atomic mass is 127. The van der Waals surface area contributed by atoms with E-state index in [1.165, 1.54) is 5.56 Å². The van der Waals surface area contributed by atoms with Crippen molar-refractivity contribution >= 4 is 22.6 Å². The highest BCUT2D eigenvalue weighted by molar-refractivity contribution is 14.1. The molecule has 2 heterocycles. The number of aryl methyl sites for hydroxylation is 1. The van der Waals surface area contributed by atoms with Crippen molar-refractivity contribution in [2.75, 3.05) is 0 Å². The van der Waals surface area contributed by atoms with E-state index in [4.69, 9.17) is 0 Å². The van der Waals surface area contributed by atoms with Gasteiger partial charge in [-0.15, -0.1) is 0 Å². The topological polar surface area (TPSA) is 39.8 Å². The molecule has 4 rings (SSSR count). The van der Waals surface area contributed by atoms with E-state index in [0.717, 1.165) is 31.5 Å². The molecule has 1 atom stereocenters. The lowest BCUT2D eigenvalue weighted by molar-refractivity contribution is 0.296. The summed E-state index contributed by atoms with van der Waals surface area (Å²) < 4.78 is 4.35. The molecule has 20 heavy (non-hydrogen) atoms. The molecule has 5 heteroatoms. The monoisotopic (exact) mass is 381 g/mol. The Kier molecular flexibility index (Phi) is 2.98. The van der Waals surface area contributed by atoms with E-state index in [1.807, 2.05) is 22.8 Å². The van der Waals surface area contributed by atoms with Crippen LogP contribution in [0.3, 0.4) is 0 Å². The summed E-state index contributed by atoms with van der Waals surface area (Å²) in [7, 11) is 0. The fraction of sp³-hybridized carbons (Fsp3) is 0.467. The molecule has 1 aliphatic heterocycles. The predicted molar refractivity (Wildman–Crippen MR) is 85.5 cm³/mol. The molecule has 2 aromatic rings. The molecule has 1 aromatic carbocycles. The molecule has 0 spiro atoms. The second-order valence-electron chi connectivity index (χ2n) is 5.70. The van der Waals surface area contributed by atoms with Crippen LogP contribution in [0.4, 0.5) is 0 Å². The smallest absolute Gasteiger partial charge is 0.271 e. The molecule has 1 aliphatic carbocycles. The molecule has 0 unspecified atom stereocenters. The Morgan fingerprint density at radius 3 is 2.65 bits per heavy atom. The van der Waals surface area contributed by atoms with Crippen LogP contribution in [0.5, 0.6) is 0 Å². The van der Waals surface area contributed by atoms with Gasteiger partial charge in [0.1, 0.15) is 5.82 Å². The van der Waals surface area contributed by atoms with E-state index < -0.39 is 0 Å². The van der Waals surface area contributed by atoms with Gasteiger partial charge < -0.3 is 0 Å². The summed E-state index contributed by atoms with van der Waals surface area (Å²) >= 11 is 2.45. The summed E-state index contributed by atoms with van der Waals surface area (Å²) in [6.45, 7) is 0. The van der Waals surface area contributed by atoms with Crippen LogP contribution in [-0.4, -0.2) is 18.3 Å². The zero-order valence-electron chi connectivity index (χ0n) is 11.1. The van der Waals surface area contributed by atoms with Crippen molar-refractivity contribution < 1.29 is 0 Å². The van der Waals surface area contributed by atoms with Crippen molar-refractivity contribution in [3.05, 3.63) is 52.2 Å². The minimum absolute atomic E-state index is 0.0830. The maximum atomic E-state index is 12.6. The molecule has 0 N–H and O–H groups in total. The summed E-state index contributed by atoms with van der Waals surface area (Å²) in [4.78, 5) is 12.6. The van der Waals surface area contributed by atoms with Crippen LogP contribution in [0, 0.1) is 0 Å². The van der Waals surface area contributed by atoms with Crippen molar-refractivity contribution in [1.29, 1.82) is 0 Å². The quantitative estimate of drug-likeness (QED) is 0.593. The lowest BCUT2D eigenvalue weighted by Gasteiger charge is -2.30. The van der Waals surface area contributed by atoms with Crippen molar-refractivity contribution in [1.82, 2.24) is 14.3 Å². The molecule has 104 valence electrons. The van der Waals surface area contributed by atoms with Gasteiger partial charge in [0.25, 0.3) is 0 Å². The number of hydrogen-bond donors (Lipinski definition) is 0. The normalized spacial score (nSPS) is 28.1. The molecule has 0 bridgehead atoms. The lowest BCUT2D eigenvalue weighted by Crippen LogP contribution is -2.36. The van der Waals surface area contributed by atoms with E-state index in [1.54, 1.807) is 4.68 Å². The van der Waals surface area contributed by atoms with Crippen LogP contribution < -0.4 is 5.69 Å². The van der Waals surface area contributed by atoms with Gasteiger partial charge in [-0.3, -0.25) is 4.57 Å². The summed E-state index contributed by atoms with van der Waals surface area (Å²) in [6.07, 6.45) is 4.05. The highest BCUT2D eigenvalue weighted by Crippen LogP contribution is 2.37. The van der Waals surface area contributed by atoms with E-state index >= 15 is 0 Å². The minimum Gasteiger partial charge on any atom is -0.271 e. The SMILES string of the molecule is O=c1n(C2CC(I)C2)nc2n1[C@H](c1ccccc1)CC2. The fourth-order valence-electron chi connectivity index (χ4n) is 3.26. The number of halogens is 1. The van der Waals surface area contributed by atoms with Gasteiger partial charge in [-0.05, 0) is 24.8 Å². The number of aromatic nitrogens is 3. The van der Waals surface area contributed by atoms with Gasteiger partial charge in [0.15, 0.2) is 0 Å². The van der Waals surface area contributed by atoms with Gasteiger partial charge in [-0.25, -0.2) is 9.48 Å². The second-order valence-corrected chi connectivity index (χ2v) is 7.46. The predicted octanol–water partition coefficient (Wildman–Crippen LogP) is 2.72. The number of benzene rings is 1. The van der Waals surface area contributed by atoms with Gasteiger partial charge >= 0.3 is 5.69 Å². The van der Waals surface area contributed by atoms with Gasteiger partial charge in [-0.1, -0.05) is 52.9 Å². The molecular weight excluding hydrogens is 365 g/mol. The van der Waals surface area contributed by atoms with Crippen LogP contribution in [-0.2, 0) is 6.42 Å². The first kappa shape index (κ1) is 12.6. The molecule has 1 fully saturated rings. The maximum absolute atomic E-state index is 12.6. The standard InChI is InChI=1S/C15H16IN3O/c16-11-8-12(9-11)19-15(20)18-13(6-7-14(18)17-19)10-4-2-1-3-5-10/h1-5,11-13H,6-9H2/t11?,12?,13-/m0/s1. The first-order valence-electron chi connectivity index (χ1n) is 7.13. The summed E-state index contributed by atoms with van der Waals surface area (Å²) in [5.74, 6) is 0.959. The molecular formula is C15H16IN3O. The first-order chi connectivity index (χ1) is 9.74. The number of hydrogen-bond acceptors (Lipinski definition) is 2. The molecule has 0 radical (unpaired) electrons. The van der Waals surface area contributed by atoms with E-state index in [2.05, 4.69) is 39.8 Å². The molecule has 1 aromatic heterocycles. The van der Waals surface area contributed by atoms with Gasteiger partial charge in [-0.2, -0.15) is 5.10 Å². The second kappa shape index (κ2) is 4.72. The Hall–Kier alpha value is -1.11. The zero-order valence-corrected chi connectivity index (χ0v) is 13.2. The van der Waals surface area contributed by atoms with E-state index in [9.17, 15) is 4.79 Å². The van der Waals surface area contributed by atoms with Crippen molar-refractivity contribution in [2.24, 2.45) is 0 Å². The summed E-state index contributed by atoms with van der Waals surface area (Å²) in [5.41, 5.74) is 1.30. The first-order valence-corrected chi connectivity index (χ1v) is 8.37. The minimum atomic E-state index is 0.0830. The van der Waals surface area contributed by atoms with E-state index in [0.29, 0.717) is 9.97 Å². The largest absolute Gasteiger partial charge is 0.346 e. The Balaban J connectivity index is 1.73. The van der Waals surface area contributed by atoms with Crippen LogP contribution in [0.2, 0.25) is 0 Å². The van der Waals surface area contributed by atoms with E-state index in [-0.39, 0.29) is 11.7 Å². The van der Waals surface area contributed by atoms with Gasteiger partial charge in [0.2, 0.25) is 0 Å². The summed E-state index contributed by atoms with van der Waals surface area (Å²) in [6, 6.07) is 10.8. The van der Waals surface area contributed by atoms with Crippen LogP contribution >= 0.6 is 22.6 Å². The Labute approximate surface area is 130 Å². The summed E-state index contributed by atoms with van der Waals surface area (Å²) in [5, 5.41) is 4.59. The molecule has 4 nitrogen and oxygen atoms in total. The van der Waals surface area contributed by atoms with Crippen molar-refractivity contribution in [3.63, 3.8) is 0 Å². The fourth-order valence-corrected chi connectivity index (χ4v) is 4.44. The van der Waals surface area contributed by atoms with Gasteiger partial charge in [0.05, 0.1) is 12.1 Å². The molecule has 1 saturated carbocycles. The number of alkyl halides is 1. The van der Waals surface area contributed by atoms with Gasteiger partial charge in [0, 0.05) is 10.3 Å². The third-order valence-electron chi connectivity index (χ3n) is 4.44. The Bertz CT molecular complexity index is 685. The van der Waals surface area contributed by atoms with Crippen molar-refractivity contribution in [3.8, 4) is 0 Å². The number of rotatable bonds is 2. The average Bonchev–Trinajstić information content (AvgIpc) is 2.97. The van der Waals surface area contributed by atoms with Crippen LogP contribution in [0.1, 0.15) is 42.7 Å². The molecule has 0 saturated heterocycles. The number of fused-ring (bicyclic) bond motifs is 1. The molecule has 2 aliphatic rings. The molecule has 0 amide bonds. The zero-order chi connectivity index (χ0) is 13.7. The van der Waals surface area contributed by atoms with Crippen LogP contribution in [0.25, 0.3) is 0 Å². The lowest BCUT2D eigenvalue weighted by atomic mass is 9.93. The third-order valence-corrected chi connectivity index (χ3v) is 5.46.